The van der Waals surface area contributed by atoms with Crippen LogP contribution in [0.3, 0.4) is 0 Å². The van der Waals surface area contributed by atoms with Gasteiger partial charge in [0.2, 0.25) is 0 Å². The van der Waals surface area contributed by atoms with Crippen molar-refractivity contribution in [3.05, 3.63) is 37.0 Å². The van der Waals surface area contributed by atoms with Crippen molar-refractivity contribution < 1.29 is 29.0 Å². The number of ether oxygens (including phenoxy) is 2. The zero-order chi connectivity index (χ0) is 16.0. The minimum Gasteiger partial charge on any atom is -0.478 e. The molecule has 0 heterocycles. The van der Waals surface area contributed by atoms with Crippen LogP contribution in [0.25, 0.3) is 0 Å². The van der Waals surface area contributed by atoms with E-state index in [1.54, 1.807) is 13.8 Å². The highest BCUT2D eigenvalue weighted by Crippen LogP contribution is 1.87. The Hall–Kier alpha value is -2.37. The lowest BCUT2D eigenvalue weighted by Gasteiger charge is -1.91. The third kappa shape index (κ3) is 21.5. The molecule has 0 aromatic rings. The summed E-state index contributed by atoms with van der Waals surface area (Å²) in [4.78, 5) is 29.6. The molecule has 108 valence electrons. The first-order valence-corrected chi connectivity index (χ1v) is 4.96. The van der Waals surface area contributed by atoms with E-state index in [4.69, 9.17) is 5.11 Å². The molecule has 0 spiro atoms. The zero-order valence-corrected chi connectivity index (χ0v) is 11.7. The third-order valence-electron chi connectivity index (χ3n) is 1.24. The summed E-state index contributed by atoms with van der Waals surface area (Å²) in [6.07, 6.45) is 0.833. The fourth-order valence-corrected chi connectivity index (χ4v) is 0.348. The highest BCUT2D eigenvalue weighted by Gasteiger charge is 1.96. The van der Waals surface area contributed by atoms with Crippen LogP contribution in [0.5, 0.6) is 0 Å². The van der Waals surface area contributed by atoms with Gasteiger partial charge in [-0.05, 0) is 13.8 Å². The molecule has 6 heteroatoms. The largest absolute Gasteiger partial charge is 0.478 e. The first-order valence-electron chi connectivity index (χ1n) is 4.96. The predicted molar refractivity (Wildman–Crippen MR) is 71.5 cm³/mol. The molecule has 0 saturated heterocycles. The van der Waals surface area contributed by atoms with Gasteiger partial charge in [0.1, 0.15) is 0 Å². The van der Waals surface area contributed by atoms with Crippen molar-refractivity contribution in [1.29, 1.82) is 0 Å². The van der Waals surface area contributed by atoms with Crippen molar-refractivity contribution in [1.82, 2.24) is 0 Å². The Morgan fingerprint density at radius 1 is 0.947 bits per heavy atom. The lowest BCUT2D eigenvalue weighted by atomic mass is 10.4. The van der Waals surface area contributed by atoms with E-state index >= 15 is 0 Å². The molecule has 0 unspecified atom stereocenters. The zero-order valence-electron chi connectivity index (χ0n) is 11.7. The minimum absolute atomic E-state index is 0.347. The molecule has 0 radical (unpaired) electrons. The molecule has 0 aromatic carbocycles. The van der Waals surface area contributed by atoms with Crippen molar-refractivity contribution in [2.24, 2.45) is 0 Å². The summed E-state index contributed by atoms with van der Waals surface area (Å²) in [5.74, 6) is -1.68. The van der Waals surface area contributed by atoms with E-state index in [1.807, 2.05) is 0 Å². The van der Waals surface area contributed by atoms with Crippen LogP contribution < -0.4 is 0 Å². The van der Waals surface area contributed by atoms with Gasteiger partial charge in [0, 0.05) is 17.2 Å². The summed E-state index contributed by atoms with van der Waals surface area (Å²) in [5, 5.41) is 7.60. The highest BCUT2D eigenvalue weighted by atomic mass is 16.5. The number of esters is 2. The summed E-state index contributed by atoms with van der Waals surface area (Å²) in [7, 11) is 2.66. The first kappa shape index (κ1) is 21.9. The average Bonchev–Trinajstić information content (AvgIpc) is 2.37. The summed E-state index contributed by atoms with van der Waals surface area (Å²) in [6, 6.07) is 0. The van der Waals surface area contributed by atoms with Gasteiger partial charge in [0.15, 0.2) is 0 Å². The van der Waals surface area contributed by atoms with E-state index in [1.165, 1.54) is 14.2 Å². The maximum absolute atomic E-state index is 10.2. The highest BCUT2D eigenvalue weighted by molar-refractivity contribution is 5.87. The quantitative estimate of drug-likeness (QED) is 0.621. The Morgan fingerprint density at radius 2 is 1.16 bits per heavy atom. The number of carboxylic acid groups (broad SMARTS) is 1. The van der Waals surface area contributed by atoms with Gasteiger partial charge in [-0.1, -0.05) is 19.7 Å². The van der Waals surface area contributed by atoms with Gasteiger partial charge in [-0.25, -0.2) is 14.4 Å². The topological polar surface area (TPSA) is 89.9 Å². The number of carbonyl (C=O) groups is 3. The Morgan fingerprint density at radius 3 is 1.16 bits per heavy atom. The van der Waals surface area contributed by atoms with Gasteiger partial charge in [0.05, 0.1) is 14.2 Å². The van der Waals surface area contributed by atoms with Crippen LogP contribution >= 0.6 is 0 Å². The Labute approximate surface area is 113 Å². The van der Waals surface area contributed by atoms with Crippen LogP contribution in [0.15, 0.2) is 37.0 Å². The predicted octanol–water partition coefficient (Wildman–Crippen LogP) is 1.73. The minimum atomic E-state index is -0.981. The van der Waals surface area contributed by atoms with Gasteiger partial charge < -0.3 is 14.6 Å². The van der Waals surface area contributed by atoms with Gasteiger partial charge in [-0.3, -0.25) is 0 Å². The van der Waals surface area contributed by atoms with Crippen molar-refractivity contribution in [2.75, 3.05) is 14.2 Å². The number of methoxy groups -OCH3 is 2. The maximum Gasteiger partial charge on any atom is 0.332 e. The van der Waals surface area contributed by atoms with E-state index < -0.39 is 5.97 Å². The molecular weight excluding hydrogens is 252 g/mol. The average molecular weight is 272 g/mol. The molecule has 0 amide bonds. The standard InChI is InChI=1S/2C5H8O2.C3H4O2/c2*1-4(2)5(6)7-3;1-2-3(4)5/h2*1H2,2-3H3;2H,1H2,(H,4,5). The monoisotopic (exact) mass is 272 g/mol. The maximum atomic E-state index is 10.2. The molecule has 0 aliphatic carbocycles. The molecule has 0 saturated carbocycles. The SMILES string of the molecule is C=C(C)C(=O)OC.C=C(C)C(=O)OC.C=CC(=O)O. The molecule has 0 aromatic heterocycles. The van der Waals surface area contributed by atoms with E-state index in [0.717, 1.165) is 6.08 Å². The molecule has 0 rings (SSSR count). The van der Waals surface area contributed by atoms with Crippen LogP contribution in [0, 0.1) is 0 Å². The molecule has 0 atom stereocenters. The van der Waals surface area contributed by atoms with E-state index in [0.29, 0.717) is 11.1 Å². The normalized spacial score (nSPS) is 7.37. The second-order valence-corrected chi connectivity index (χ2v) is 3.09. The molecule has 0 aliphatic rings. The lowest BCUT2D eigenvalue weighted by molar-refractivity contribution is -0.136. The Bertz CT molecular complexity index is 328. The number of carboxylic acids is 1. The van der Waals surface area contributed by atoms with Gasteiger partial charge in [0.25, 0.3) is 0 Å². The summed E-state index contributed by atoms with van der Waals surface area (Å²) < 4.78 is 8.55. The van der Waals surface area contributed by atoms with Gasteiger partial charge in [-0.15, -0.1) is 0 Å². The molecule has 0 fully saturated rings. The van der Waals surface area contributed by atoms with Crippen LogP contribution in [-0.2, 0) is 23.9 Å². The Kier molecular flexibility index (Phi) is 15.8. The van der Waals surface area contributed by atoms with Crippen molar-refractivity contribution in [2.45, 2.75) is 13.8 Å². The molecule has 6 nitrogen and oxygen atoms in total. The number of hydrogen-bond donors (Lipinski definition) is 1. The van der Waals surface area contributed by atoms with Crippen LogP contribution in [0.2, 0.25) is 0 Å². The number of carbonyl (C=O) groups excluding carboxylic acids is 2. The van der Waals surface area contributed by atoms with Gasteiger partial charge in [-0.2, -0.15) is 0 Å². The van der Waals surface area contributed by atoms with Crippen molar-refractivity contribution in [3.8, 4) is 0 Å². The smallest absolute Gasteiger partial charge is 0.332 e. The van der Waals surface area contributed by atoms with E-state index in [9.17, 15) is 14.4 Å². The summed E-state index contributed by atoms with van der Waals surface area (Å²) in [5.41, 5.74) is 0.866. The molecule has 19 heavy (non-hydrogen) atoms. The fourth-order valence-electron chi connectivity index (χ4n) is 0.348. The number of hydrogen-bond acceptors (Lipinski definition) is 5. The van der Waals surface area contributed by atoms with Gasteiger partial charge >= 0.3 is 17.9 Å². The molecule has 1 N–H and O–H groups in total. The summed E-state index contributed by atoms with van der Waals surface area (Å²) in [6.45, 7) is 12.9. The molecule has 0 aliphatic heterocycles. The van der Waals surface area contributed by atoms with Crippen LogP contribution in [0.1, 0.15) is 13.8 Å². The fraction of sp³-hybridized carbons (Fsp3) is 0.308. The Balaban J connectivity index is -0.000000206. The van der Waals surface area contributed by atoms with E-state index in [2.05, 4.69) is 29.2 Å². The third-order valence-corrected chi connectivity index (χ3v) is 1.24. The number of aliphatic carboxylic acids is 1. The first-order chi connectivity index (χ1) is 8.63. The molecular formula is C13H20O6. The molecule has 0 bridgehead atoms. The van der Waals surface area contributed by atoms with Crippen molar-refractivity contribution >= 4 is 17.9 Å². The number of rotatable bonds is 3. The van der Waals surface area contributed by atoms with Crippen LogP contribution in [0.4, 0.5) is 0 Å². The second-order valence-electron chi connectivity index (χ2n) is 3.09. The second kappa shape index (κ2) is 13.7. The van der Waals surface area contributed by atoms with E-state index in [-0.39, 0.29) is 11.9 Å². The lowest BCUT2D eigenvalue weighted by Crippen LogP contribution is -1.98. The van der Waals surface area contributed by atoms with Crippen molar-refractivity contribution in [3.63, 3.8) is 0 Å². The summed E-state index contributed by atoms with van der Waals surface area (Å²) >= 11 is 0. The van der Waals surface area contributed by atoms with Crippen LogP contribution in [-0.4, -0.2) is 37.2 Å².